The van der Waals surface area contributed by atoms with Gasteiger partial charge in [0.2, 0.25) is 0 Å². The molecule has 0 bridgehead atoms. The van der Waals surface area contributed by atoms with Crippen LogP contribution in [0, 0.1) is 0 Å². The van der Waals surface area contributed by atoms with Gasteiger partial charge in [-0.05, 0) is 74.7 Å². The molecule has 0 aliphatic heterocycles. The number of hydrogen-bond donors (Lipinski definition) is 0. The molecule has 0 radical (unpaired) electrons. The Balaban J connectivity index is 1.80. The fourth-order valence-electron chi connectivity index (χ4n) is 4.98. The van der Waals surface area contributed by atoms with Crippen LogP contribution >= 0.6 is 0 Å². The quantitative estimate of drug-likeness (QED) is 0.410. The van der Waals surface area contributed by atoms with E-state index in [0.29, 0.717) is 5.92 Å². The molecule has 3 aliphatic carbocycles. The largest absolute Gasteiger partial charge is 0.0839 e. The topological polar surface area (TPSA) is 0 Å². The van der Waals surface area contributed by atoms with E-state index in [-0.39, 0.29) is 0 Å². The van der Waals surface area contributed by atoms with Crippen molar-refractivity contribution in [3.8, 4) is 0 Å². The summed E-state index contributed by atoms with van der Waals surface area (Å²) in [6, 6.07) is 15.9. The average Bonchev–Trinajstić information content (AvgIpc) is 2.65. The lowest BCUT2D eigenvalue weighted by molar-refractivity contribution is 0.811. The van der Waals surface area contributed by atoms with Crippen molar-refractivity contribution in [3.05, 3.63) is 83.0 Å². The van der Waals surface area contributed by atoms with Gasteiger partial charge in [-0.15, -0.1) is 0 Å². The second kappa shape index (κ2) is 4.48. The van der Waals surface area contributed by atoms with Crippen molar-refractivity contribution in [2.75, 3.05) is 0 Å². The molecule has 0 spiro atoms. The first-order valence-corrected chi connectivity index (χ1v) is 8.96. The molecular weight excluding hydrogens is 288 g/mol. The van der Waals surface area contributed by atoms with Crippen molar-refractivity contribution < 1.29 is 0 Å². The molecule has 3 aromatic rings. The second-order valence-electron chi connectivity index (χ2n) is 7.25. The lowest BCUT2D eigenvalue weighted by Crippen LogP contribution is -2.13. The molecule has 0 saturated heterocycles. The maximum atomic E-state index is 2.44. The molecule has 3 aromatic carbocycles. The van der Waals surface area contributed by atoms with E-state index in [1.54, 1.807) is 16.7 Å². The highest BCUT2D eigenvalue weighted by Crippen LogP contribution is 2.50. The molecule has 0 nitrogen and oxygen atoms in total. The van der Waals surface area contributed by atoms with Crippen LogP contribution in [-0.4, -0.2) is 0 Å². The van der Waals surface area contributed by atoms with Gasteiger partial charge in [0.15, 0.2) is 0 Å². The third-order valence-corrected chi connectivity index (χ3v) is 6.01. The summed E-state index contributed by atoms with van der Waals surface area (Å²) in [4.78, 5) is 0. The summed E-state index contributed by atoms with van der Waals surface area (Å²) < 4.78 is 0. The van der Waals surface area contributed by atoms with Gasteiger partial charge in [-0.3, -0.25) is 0 Å². The molecule has 114 valence electrons. The molecule has 3 aliphatic rings. The highest BCUT2D eigenvalue weighted by molar-refractivity contribution is 6.10. The van der Waals surface area contributed by atoms with E-state index in [9.17, 15) is 0 Å². The van der Waals surface area contributed by atoms with Crippen LogP contribution in [0.15, 0.2) is 66.3 Å². The van der Waals surface area contributed by atoms with Crippen LogP contribution in [0.5, 0.6) is 0 Å². The minimum Gasteiger partial charge on any atom is -0.0839 e. The van der Waals surface area contributed by atoms with E-state index in [0.717, 1.165) is 0 Å². The molecule has 0 aromatic heterocycles. The summed E-state index contributed by atoms with van der Waals surface area (Å²) in [5, 5.41) is 5.63. The van der Waals surface area contributed by atoms with Crippen LogP contribution in [0.2, 0.25) is 0 Å². The molecule has 6 rings (SSSR count). The molecule has 0 fully saturated rings. The van der Waals surface area contributed by atoms with Gasteiger partial charge < -0.3 is 0 Å². The summed E-state index contributed by atoms with van der Waals surface area (Å²) >= 11 is 0. The van der Waals surface area contributed by atoms with Gasteiger partial charge in [-0.1, -0.05) is 60.7 Å². The van der Waals surface area contributed by atoms with E-state index in [1.807, 2.05) is 0 Å². The van der Waals surface area contributed by atoms with Crippen LogP contribution in [0.25, 0.3) is 33.2 Å². The second-order valence-corrected chi connectivity index (χ2v) is 7.25. The SMILES string of the molecule is C1=CC2=C(CC1)c1ccc3cc4ccccc4c4c3c1C(C=C4)C2. The van der Waals surface area contributed by atoms with Crippen LogP contribution in [0.1, 0.15) is 41.9 Å². The van der Waals surface area contributed by atoms with Crippen molar-refractivity contribution >= 4 is 33.2 Å². The lowest BCUT2D eigenvalue weighted by atomic mass is 9.71. The van der Waals surface area contributed by atoms with Gasteiger partial charge in [0.1, 0.15) is 0 Å². The Bertz CT molecular complexity index is 1120. The van der Waals surface area contributed by atoms with Gasteiger partial charge in [0, 0.05) is 5.92 Å². The minimum absolute atomic E-state index is 0.541. The van der Waals surface area contributed by atoms with Crippen LogP contribution in [0.4, 0.5) is 0 Å². The Morgan fingerprint density at radius 3 is 2.88 bits per heavy atom. The lowest BCUT2D eigenvalue weighted by Gasteiger charge is -2.33. The Labute approximate surface area is 141 Å². The van der Waals surface area contributed by atoms with E-state index < -0.39 is 0 Å². The van der Waals surface area contributed by atoms with Gasteiger partial charge in [-0.25, -0.2) is 0 Å². The van der Waals surface area contributed by atoms with Crippen LogP contribution in [-0.2, 0) is 0 Å². The van der Waals surface area contributed by atoms with Crippen molar-refractivity contribution in [1.29, 1.82) is 0 Å². The molecule has 0 heteroatoms. The Morgan fingerprint density at radius 1 is 0.917 bits per heavy atom. The summed E-state index contributed by atoms with van der Waals surface area (Å²) in [6.45, 7) is 0. The van der Waals surface area contributed by atoms with Crippen molar-refractivity contribution in [3.63, 3.8) is 0 Å². The van der Waals surface area contributed by atoms with Crippen molar-refractivity contribution in [2.45, 2.75) is 25.2 Å². The Kier molecular flexibility index (Phi) is 2.38. The first kappa shape index (κ1) is 12.8. The normalized spacial score (nSPS) is 20.8. The predicted molar refractivity (Wildman–Crippen MR) is 103 cm³/mol. The maximum absolute atomic E-state index is 2.44. The van der Waals surface area contributed by atoms with Crippen LogP contribution < -0.4 is 0 Å². The molecule has 0 N–H and O–H groups in total. The first-order chi connectivity index (χ1) is 11.9. The summed E-state index contributed by atoms with van der Waals surface area (Å²) in [5.41, 5.74) is 7.68. The minimum atomic E-state index is 0.541. The van der Waals surface area contributed by atoms with Gasteiger partial charge in [-0.2, -0.15) is 0 Å². The first-order valence-electron chi connectivity index (χ1n) is 8.96. The molecule has 1 atom stereocenters. The zero-order valence-corrected chi connectivity index (χ0v) is 13.5. The van der Waals surface area contributed by atoms with Gasteiger partial charge in [0.25, 0.3) is 0 Å². The summed E-state index contributed by atoms with van der Waals surface area (Å²) in [5.74, 6) is 0.541. The van der Waals surface area contributed by atoms with E-state index in [2.05, 4.69) is 66.8 Å². The molecule has 1 unspecified atom stereocenters. The molecule has 0 saturated carbocycles. The van der Waals surface area contributed by atoms with E-state index in [4.69, 9.17) is 0 Å². The smallest absolute Gasteiger partial charge is 0.00742 e. The van der Waals surface area contributed by atoms with Gasteiger partial charge in [0.05, 0.1) is 0 Å². The highest BCUT2D eigenvalue weighted by Gasteiger charge is 2.29. The van der Waals surface area contributed by atoms with Crippen molar-refractivity contribution in [1.82, 2.24) is 0 Å². The fourth-order valence-corrected chi connectivity index (χ4v) is 4.98. The number of benzene rings is 3. The third kappa shape index (κ3) is 1.54. The monoisotopic (exact) mass is 306 g/mol. The highest BCUT2D eigenvalue weighted by atomic mass is 14.3. The van der Waals surface area contributed by atoms with E-state index in [1.165, 1.54) is 51.9 Å². The molecule has 24 heavy (non-hydrogen) atoms. The van der Waals surface area contributed by atoms with Crippen LogP contribution in [0.3, 0.4) is 0 Å². The molecular formula is C24H18. The molecule has 0 heterocycles. The van der Waals surface area contributed by atoms with Crippen molar-refractivity contribution in [2.24, 2.45) is 0 Å². The van der Waals surface area contributed by atoms with E-state index >= 15 is 0 Å². The summed E-state index contributed by atoms with van der Waals surface area (Å²) in [7, 11) is 0. The standard InChI is InChI=1S/C24H18/c1-3-7-19-15(5-1)13-17-9-12-22-20-8-4-2-6-16(20)14-18-10-11-21(19)23(17)24(18)22/h1-3,5-7,9-13,18H,4,8,14H2. The molecule has 0 amide bonds. The zero-order chi connectivity index (χ0) is 15.7. The average molecular weight is 306 g/mol. The maximum Gasteiger partial charge on any atom is 0.00742 e. The number of fused-ring (bicyclic) bond motifs is 3. The summed E-state index contributed by atoms with van der Waals surface area (Å²) in [6.07, 6.45) is 13.1. The zero-order valence-electron chi connectivity index (χ0n) is 13.5. The fraction of sp³-hybridized carbons (Fsp3) is 0.167. The third-order valence-electron chi connectivity index (χ3n) is 6.01. The predicted octanol–water partition coefficient (Wildman–Crippen LogP) is 6.61. The Hall–Kier alpha value is -2.60. The number of allylic oxidation sites excluding steroid dienone is 5. The Morgan fingerprint density at radius 2 is 1.88 bits per heavy atom. The number of hydrogen-bond acceptors (Lipinski definition) is 0. The number of rotatable bonds is 0. The van der Waals surface area contributed by atoms with Gasteiger partial charge >= 0.3 is 0 Å².